The van der Waals surface area contributed by atoms with Gasteiger partial charge in [-0.25, -0.2) is 17.9 Å². The van der Waals surface area contributed by atoms with E-state index in [0.29, 0.717) is 37.1 Å². The van der Waals surface area contributed by atoms with Crippen LogP contribution in [0.3, 0.4) is 0 Å². The predicted octanol–water partition coefficient (Wildman–Crippen LogP) is 2.95. The van der Waals surface area contributed by atoms with Crippen LogP contribution in [-0.4, -0.2) is 22.7 Å². The molecule has 2 heterocycles. The van der Waals surface area contributed by atoms with Crippen LogP contribution >= 0.6 is 0 Å². The number of carbonyl (C=O) groups is 1. The van der Waals surface area contributed by atoms with Gasteiger partial charge in [0.15, 0.2) is 23.7 Å². The van der Waals surface area contributed by atoms with E-state index in [2.05, 4.69) is 5.10 Å². The van der Waals surface area contributed by atoms with Crippen LogP contribution in [0.15, 0.2) is 18.3 Å². The zero-order valence-electron chi connectivity index (χ0n) is 10.9. The van der Waals surface area contributed by atoms with Crippen molar-refractivity contribution in [2.75, 3.05) is 6.61 Å². The molecule has 3 rings (SSSR count). The van der Waals surface area contributed by atoms with Crippen molar-refractivity contribution in [3.63, 3.8) is 0 Å². The van der Waals surface area contributed by atoms with Gasteiger partial charge in [0.05, 0.1) is 5.56 Å². The molecule has 2 aromatic rings. The van der Waals surface area contributed by atoms with Crippen molar-refractivity contribution in [2.24, 2.45) is 0 Å². The molecular weight excluding hydrogens is 285 g/mol. The van der Waals surface area contributed by atoms with Gasteiger partial charge in [-0.15, -0.1) is 0 Å². The lowest BCUT2D eigenvalue weighted by molar-refractivity contribution is 0.104. The summed E-state index contributed by atoms with van der Waals surface area (Å²) in [4.78, 5) is 11.1. The third kappa shape index (κ3) is 2.44. The molecular formula is C14H11F3N2O2. The maximum absolute atomic E-state index is 13.8. The molecule has 0 amide bonds. The van der Waals surface area contributed by atoms with Gasteiger partial charge < -0.3 is 4.74 Å². The highest BCUT2D eigenvalue weighted by molar-refractivity contribution is 5.76. The Morgan fingerprint density at radius 1 is 1.24 bits per heavy atom. The monoisotopic (exact) mass is 296 g/mol. The summed E-state index contributed by atoms with van der Waals surface area (Å²) in [6.07, 6.45) is 3.07. The fraction of sp³-hybridized carbons (Fsp3) is 0.286. The van der Waals surface area contributed by atoms with Crippen LogP contribution in [0.25, 0.3) is 5.69 Å². The molecule has 1 aliphatic heterocycles. The molecule has 7 heteroatoms. The predicted molar refractivity (Wildman–Crippen MR) is 66.8 cm³/mol. The third-order valence-electron chi connectivity index (χ3n) is 3.37. The molecule has 0 spiro atoms. The molecule has 1 atom stereocenters. The number of benzene rings is 1. The van der Waals surface area contributed by atoms with Crippen molar-refractivity contribution in [3.8, 4) is 5.69 Å². The lowest BCUT2D eigenvalue weighted by atomic mass is 10.1. The van der Waals surface area contributed by atoms with Crippen LogP contribution in [-0.2, 0) is 4.74 Å². The summed E-state index contributed by atoms with van der Waals surface area (Å²) in [6.45, 7) is 0.565. The van der Waals surface area contributed by atoms with Crippen LogP contribution < -0.4 is 0 Å². The second kappa shape index (κ2) is 5.33. The van der Waals surface area contributed by atoms with Gasteiger partial charge in [-0.2, -0.15) is 5.10 Å². The molecule has 0 radical (unpaired) electrons. The van der Waals surface area contributed by atoms with E-state index in [0.717, 1.165) is 11.1 Å². The summed E-state index contributed by atoms with van der Waals surface area (Å²) in [5, 5.41) is 4.10. The van der Waals surface area contributed by atoms with Gasteiger partial charge in [0.25, 0.3) is 0 Å². The molecule has 4 nitrogen and oxygen atoms in total. The van der Waals surface area contributed by atoms with Crippen molar-refractivity contribution in [3.05, 3.63) is 47.0 Å². The second-order valence-corrected chi connectivity index (χ2v) is 4.75. The second-order valence-electron chi connectivity index (χ2n) is 4.75. The Labute approximate surface area is 118 Å². The molecule has 0 bridgehead atoms. The van der Waals surface area contributed by atoms with E-state index in [1.165, 1.54) is 6.20 Å². The number of nitrogens with zero attached hydrogens (tertiary/aromatic N) is 2. The standard InChI is InChI=1S/C14H11F3N2O2/c15-9-4-11(17)12(5-10(9)16)19-6-8(7-20)14(18-19)13-2-1-3-21-13/h4-7,13H,1-3H2. The Morgan fingerprint density at radius 2 is 2.00 bits per heavy atom. The fourth-order valence-electron chi connectivity index (χ4n) is 2.35. The molecule has 21 heavy (non-hydrogen) atoms. The Hall–Kier alpha value is -2.15. The van der Waals surface area contributed by atoms with Gasteiger partial charge in [0.1, 0.15) is 17.5 Å². The summed E-state index contributed by atoms with van der Waals surface area (Å²) in [5.41, 5.74) is 0.360. The van der Waals surface area contributed by atoms with Gasteiger partial charge in [-0.05, 0) is 12.8 Å². The number of hydrogen-bond acceptors (Lipinski definition) is 3. The van der Waals surface area contributed by atoms with Gasteiger partial charge in [0, 0.05) is 24.9 Å². The summed E-state index contributed by atoms with van der Waals surface area (Å²) in [7, 11) is 0. The first-order valence-corrected chi connectivity index (χ1v) is 6.41. The largest absolute Gasteiger partial charge is 0.372 e. The smallest absolute Gasteiger partial charge is 0.161 e. The SMILES string of the molecule is O=Cc1cn(-c2cc(F)c(F)cc2F)nc1C1CCCO1. The molecule has 1 saturated heterocycles. The molecule has 1 aromatic heterocycles. The number of rotatable bonds is 3. The van der Waals surface area contributed by atoms with Crippen LogP contribution in [0.5, 0.6) is 0 Å². The minimum Gasteiger partial charge on any atom is -0.372 e. The topological polar surface area (TPSA) is 44.1 Å². The molecule has 1 aromatic carbocycles. The van der Waals surface area contributed by atoms with Crippen LogP contribution in [0.2, 0.25) is 0 Å². The van der Waals surface area contributed by atoms with Crippen molar-refractivity contribution in [2.45, 2.75) is 18.9 Å². The number of halogens is 3. The lowest BCUT2D eigenvalue weighted by Crippen LogP contribution is -2.04. The highest BCUT2D eigenvalue weighted by Crippen LogP contribution is 2.30. The molecule has 110 valence electrons. The first-order chi connectivity index (χ1) is 10.1. The number of aromatic nitrogens is 2. The van der Waals surface area contributed by atoms with Crippen molar-refractivity contribution in [1.82, 2.24) is 9.78 Å². The Balaban J connectivity index is 2.07. The molecule has 1 aliphatic rings. The van der Waals surface area contributed by atoms with Gasteiger partial charge >= 0.3 is 0 Å². The lowest BCUT2D eigenvalue weighted by Gasteiger charge is -2.07. The molecule has 0 N–H and O–H groups in total. The van der Waals surface area contributed by atoms with E-state index in [9.17, 15) is 18.0 Å². The van der Waals surface area contributed by atoms with Gasteiger partial charge in [-0.1, -0.05) is 0 Å². The van der Waals surface area contributed by atoms with Crippen molar-refractivity contribution >= 4 is 6.29 Å². The minimum absolute atomic E-state index is 0.242. The van der Waals surface area contributed by atoms with Crippen LogP contribution in [0.1, 0.15) is 35.0 Å². The Bertz CT molecular complexity index is 694. The maximum Gasteiger partial charge on any atom is 0.161 e. The molecule has 1 fully saturated rings. The van der Waals surface area contributed by atoms with E-state index in [1.807, 2.05) is 0 Å². The quantitative estimate of drug-likeness (QED) is 0.646. The zero-order valence-corrected chi connectivity index (χ0v) is 10.9. The van der Waals surface area contributed by atoms with Gasteiger partial charge in [-0.3, -0.25) is 4.79 Å². The molecule has 0 aliphatic carbocycles. The maximum atomic E-state index is 13.8. The van der Waals surface area contributed by atoms with Crippen molar-refractivity contribution in [1.29, 1.82) is 0 Å². The number of carbonyl (C=O) groups excluding carboxylic acids is 1. The minimum atomic E-state index is -1.28. The van der Waals surface area contributed by atoms with Crippen molar-refractivity contribution < 1.29 is 22.7 Å². The highest BCUT2D eigenvalue weighted by Gasteiger charge is 2.25. The third-order valence-corrected chi connectivity index (χ3v) is 3.37. The average molecular weight is 296 g/mol. The number of aldehydes is 1. The summed E-state index contributed by atoms with van der Waals surface area (Å²) in [5.74, 6) is -3.43. The van der Waals surface area contributed by atoms with Crippen LogP contribution in [0, 0.1) is 17.5 Å². The number of hydrogen-bond donors (Lipinski definition) is 0. The highest BCUT2D eigenvalue weighted by atomic mass is 19.2. The first-order valence-electron chi connectivity index (χ1n) is 6.41. The summed E-state index contributed by atoms with van der Waals surface area (Å²) >= 11 is 0. The molecule has 0 saturated carbocycles. The summed E-state index contributed by atoms with van der Waals surface area (Å²) in [6, 6.07) is 1.14. The van der Waals surface area contributed by atoms with E-state index >= 15 is 0 Å². The Kier molecular flexibility index (Phi) is 3.50. The zero-order chi connectivity index (χ0) is 15.0. The first kappa shape index (κ1) is 13.8. The number of ether oxygens (including phenoxy) is 1. The van der Waals surface area contributed by atoms with Crippen LogP contribution in [0.4, 0.5) is 13.2 Å². The fourth-order valence-corrected chi connectivity index (χ4v) is 2.35. The normalized spacial score (nSPS) is 18.1. The van der Waals surface area contributed by atoms with E-state index in [1.54, 1.807) is 0 Å². The Morgan fingerprint density at radius 3 is 2.67 bits per heavy atom. The van der Waals surface area contributed by atoms with E-state index in [4.69, 9.17) is 4.74 Å². The molecule has 1 unspecified atom stereocenters. The van der Waals surface area contributed by atoms with E-state index < -0.39 is 17.5 Å². The van der Waals surface area contributed by atoms with E-state index in [-0.39, 0.29) is 17.4 Å². The van der Waals surface area contributed by atoms with Gasteiger partial charge in [0.2, 0.25) is 0 Å². The summed E-state index contributed by atoms with van der Waals surface area (Å²) < 4.78 is 46.4. The average Bonchev–Trinajstić information content (AvgIpc) is 3.10.